The van der Waals surface area contributed by atoms with Crippen molar-refractivity contribution in [2.24, 2.45) is 0 Å². The standard InChI is InChI=1S/C14H24N6O3S/c1-17(2)12-9-13(16-15-10-12)19-5-7-20(8-6-19)14(21)11-18(3)24(4,22)23/h9-10H,5-8,11H2,1-4H3. The van der Waals surface area contributed by atoms with Crippen LogP contribution in [0.1, 0.15) is 0 Å². The molecule has 2 heterocycles. The Kier molecular flexibility index (Phi) is 5.60. The van der Waals surface area contributed by atoms with Crippen LogP contribution in [0.5, 0.6) is 0 Å². The van der Waals surface area contributed by atoms with Gasteiger partial charge in [0, 0.05) is 53.4 Å². The summed E-state index contributed by atoms with van der Waals surface area (Å²) in [6.45, 7) is 2.21. The predicted molar refractivity (Wildman–Crippen MR) is 92.6 cm³/mol. The molecule has 134 valence electrons. The molecule has 1 aromatic rings. The SMILES string of the molecule is CN(C)c1cnnc(N2CCN(C(=O)CN(C)S(C)(=O)=O)CC2)c1. The van der Waals surface area contributed by atoms with Crippen molar-refractivity contribution in [3.8, 4) is 0 Å². The number of rotatable bonds is 5. The Morgan fingerprint density at radius 2 is 1.83 bits per heavy atom. The fraction of sp³-hybridized carbons (Fsp3) is 0.643. The highest BCUT2D eigenvalue weighted by atomic mass is 32.2. The zero-order valence-electron chi connectivity index (χ0n) is 14.5. The Bertz CT molecular complexity index is 686. The number of anilines is 2. The van der Waals surface area contributed by atoms with E-state index in [4.69, 9.17) is 0 Å². The molecule has 1 aliphatic rings. The molecule has 0 atom stereocenters. The van der Waals surface area contributed by atoms with Gasteiger partial charge < -0.3 is 14.7 Å². The number of aromatic nitrogens is 2. The number of carbonyl (C=O) groups excluding carboxylic acids is 1. The Balaban J connectivity index is 1.94. The lowest BCUT2D eigenvalue weighted by molar-refractivity contribution is -0.131. The normalized spacial score (nSPS) is 15.7. The summed E-state index contributed by atoms with van der Waals surface area (Å²) in [7, 11) is 1.94. The van der Waals surface area contributed by atoms with E-state index >= 15 is 0 Å². The number of hydrogen-bond donors (Lipinski definition) is 0. The molecule has 1 aliphatic heterocycles. The fourth-order valence-electron chi connectivity index (χ4n) is 2.34. The lowest BCUT2D eigenvalue weighted by Gasteiger charge is -2.35. The van der Waals surface area contributed by atoms with Gasteiger partial charge in [-0.3, -0.25) is 4.79 Å². The Morgan fingerprint density at radius 3 is 2.38 bits per heavy atom. The molecule has 10 heteroatoms. The first kappa shape index (κ1) is 18.4. The van der Waals surface area contributed by atoms with E-state index in [9.17, 15) is 13.2 Å². The second-order valence-electron chi connectivity index (χ2n) is 6.05. The second kappa shape index (κ2) is 7.31. The van der Waals surface area contributed by atoms with E-state index in [0.29, 0.717) is 26.2 Å². The Labute approximate surface area is 142 Å². The Morgan fingerprint density at radius 1 is 1.21 bits per heavy atom. The van der Waals surface area contributed by atoms with Gasteiger partial charge >= 0.3 is 0 Å². The van der Waals surface area contributed by atoms with E-state index in [1.807, 2.05) is 25.1 Å². The van der Waals surface area contributed by atoms with Gasteiger partial charge in [0.15, 0.2) is 5.82 Å². The average molecular weight is 356 g/mol. The van der Waals surface area contributed by atoms with Crippen LogP contribution in [0.15, 0.2) is 12.3 Å². The number of carbonyl (C=O) groups is 1. The van der Waals surface area contributed by atoms with Gasteiger partial charge in [0.2, 0.25) is 15.9 Å². The maximum absolute atomic E-state index is 12.2. The van der Waals surface area contributed by atoms with Gasteiger partial charge in [-0.2, -0.15) is 9.40 Å². The number of likely N-dealkylation sites (N-methyl/N-ethyl adjacent to an activating group) is 1. The van der Waals surface area contributed by atoms with Crippen LogP contribution in [-0.4, -0.2) is 93.9 Å². The van der Waals surface area contributed by atoms with Crippen molar-refractivity contribution in [1.82, 2.24) is 19.4 Å². The van der Waals surface area contributed by atoms with E-state index in [1.54, 1.807) is 11.1 Å². The number of piperazine rings is 1. The zero-order chi connectivity index (χ0) is 17.9. The third kappa shape index (κ3) is 4.54. The molecule has 0 bridgehead atoms. The molecule has 0 radical (unpaired) electrons. The molecular formula is C14H24N6O3S. The van der Waals surface area contributed by atoms with E-state index in [0.717, 1.165) is 22.1 Å². The van der Waals surface area contributed by atoms with Crippen LogP contribution in [-0.2, 0) is 14.8 Å². The van der Waals surface area contributed by atoms with E-state index in [2.05, 4.69) is 15.1 Å². The van der Waals surface area contributed by atoms with Gasteiger partial charge in [-0.15, -0.1) is 5.10 Å². The van der Waals surface area contributed by atoms with Crippen LogP contribution in [0, 0.1) is 0 Å². The van der Waals surface area contributed by atoms with Crippen LogP contribution in [0.25, 0.3) is 0 Å². The number of hydrogen-bond acceptors (Lipinski definition) is 7. The summed E-state index contributed by atoms with van der Waals surface area (Å²) in [6.07, 6.45) is 2.79. The van der Waals surface area contributed by atoms with E-state index < -0.39 is 10.0 Å². The maximum Gasteiger partial charge on any atom is 0.238 e. The summed E-state index contributed by atoms with van der Waals surface area (Å²) in [4.78, 5) is 17.9. The molecule has 1 fully saturated rings. The summed E-state index contributed by atoms with van der Waals surface area (Å²) in [5, 5.41) is 8.17. The third-order valence-electron chi connectivity index (χ3n) is 4.02. The molecule has 0 N–H and O–H groups in total. The van der Waals surface area contributed by atoms with Crippen molar-refractivity contribution in [2.45, 2.75) is 0 Å². The molecular weight excluding hydrogens is 332 g/mol. The highest BCUT2D eigenvalue weighted by Crippen LogP contribution is 2.18. The van der Waals surface area contributed by atoms with Gasteiger partial charge in [0.1, 0.15) is 0 Å². The first-order valence-electron chi connectivity index (χ1n) is 7.62. The largest absolute Gasteiger partial charge is 0.376 e. The molecule has 0 saturated carbocycles. The second-order valence-corrected chi connectivity index (χ2v) is 8.14. The molecule has 1 aromatic heterocycles. The van der Waals surface area contributed by atoms with Crippen LogP contribution in [0.2, 0.25) is 0 Å². The minimum Gasteiger partial charge on any atom is -0.376 e. The first-order chi connectivity index (χ1) is 11.2. The van der Waals surface area contributed by atoms with Gasteiger partial charge in [-0.25, -0.2) is 8.42 Å². The van der Waals surface area contributed by atoms with Crippen LogP contribution in [0.3, 0.4) is 0 Å². The highest BCUT2D eigenvalue weighted by molar-refractivity contribution is 7.88. The van der Waals surface area contributed by atoms with Gasteiger partial charge in [0.05, 0.1) is 24.7 Å². The lowest BCUT2D eigenvalue weighted by atomic mass is 10.3. The quantitative estimate of drug-likeness (QED) is 0.674. The zero-order valence-corrected chi connectivity index (χ0v) is 15.3. The molecule has 1 amide bonds. The minimum absolute atomic E-state index is 0.130. The fourth-order valence-corrected chi connectivity index (χ4v) is 2.68. The molecule has 1 saturated heterocycles. The maximum atomic E-state index is 12.2. The van der Waals surface area contributed by atoms with Crippen molar-refractivity contribution in [3.05, 3.63) is 12.3 Å². The first-order valence-corrected chi connectivity index (χ1v) is 9.47. The van der Waals surface area contributed by atoms with Crippen molar-refractivity contribution in [1.29, 1.82) is 0 Å². The molecule has 9 nitrogen and oxygen atoms in total. The van der Waals surface area contributed by atoms with Crippen molar-refractivity contribution in [2.75, 3.05) is 69.9 Å². The van der Waals surface area contributed by atoms with Crippen LogP contribution in [0.4, 0.5) is 11.5 Å². The number of nitrogens with zero attached hydrogens (tertiary/aromatic N) is 6. The molecule has 2 rings (SSSR count). The van der Waals surface area contributed by atoms with E-state index in [1.165, 1.54) is 7.05 Å². The van der Waals surface area contributed by atoms with Gasteiger partial charge in [-0.1, -0.05) is 0 Å². The predicted octanol–water partition coefficient (Wildman–Crippen LogP) is -0.917. The van der Waals surface area contributed by atoms with E-state index in [-0.39, 0.29) is 12.5 Å². The average Bonchev–Trinajstić information content (AvgIpc) is 2.54. The van der Waals surface area contributed by atoms with Gasteiger partial charge in [-0.05, 0) is 0 Å². The molecule has 0 unspecified atom stereocenters. The third-order valence-corrected chi connectivity index (χ3v) is 5.29. The number of amides is 1. The van der Waals surface area contributed by atoms with Gasteiger partial charge in [0.25, 0.3) is 0 Å². The van der Waals surface area contributed by atoms with Crippen molar-refractivity contribution < 1.29 is 13.2 Å². The van der Waals surface area contributed by atoms with Crippen molar-refractivity contribution >= 4 is 27.4 Å². The van der Waals surface area contributed by atoms with Crippen LogP contribution < -0.4 is 9.80 Å². The molecule has 0 spiro atoms. The number of sulfonamides is 1. The summed E-state index contributed by atoms with van der Waals surface area (Å²) in [6, 6.07) is 1.96. The smallest absolute Gasteiger partial charge is 0.238 e. The topological polar surface area (TPSA) is 90.0 Å². The molecule has 0 aliphatic carbocycles. The van der Waals surface area contributed by atoms with Crippen LogP contribution >= 0.6 is 0 Å². The summed E-state index contributed by atoms with van der Waals surface area (Å²) in [5.41, 5.74) is 0.966. The Hall–Kier alpha value is -1.94. The summed E-state index contributed by atoms with van der Waals surface area (Å²) < 4.78 is 23.9. The minimum atomic E-state index is -3.35. The van der Waals surface area contributed by atoms with Crippen molar-refractivity contribution in [3.63, 3.8) is 0 Å². The monoisotopic (exact) mass is 356 g/mol. The highest BCUT2D eigenvalue weighted by Gasteiger charge is 2.25. The lowest BCUT2D eigenvalue weighted by Crippen LogP contribution is -2.51. The summed E-state index contributed by atoms with van der Waals surface area (Å²) in [5.74, 6) is 0.595. The molecule has 0 aromatic carbocycles. The molecule has 24 heavy (non-hydrogen) atoms. The summed E-state index contributed by atoms with van der Waals surface area (Å²) >= 11 is 0.